The van der Waals surface area contributed by atoms with Crippen LogP contribution in [0.5, 0.6) is 0 Å². The topological polar surface area (TPSA) is 29.1 Å². The van der Waals surface area contributed by atoms with E-state index in [4.69, 9.17) is 0 Å². The van der Waals surface area contributed by atoms with Gasteiger partial charge in [-0.15, -0.1) is 0 Å². The van der Waals surface area contributed by atoms with Gasteiger partial charge in [0.05, 0.1) is 0 Å². The summed E-state index contributed by atoms with van der Waals surface area (Å²) in [4.78, 5) is 12.2. The number of carbonyl (C=O) groups is 1. The molecule has 19 heavy (non-hydrogen) atoms. The minimum absolute atomic E-state index is 0.330. The maximum absolute atomic E-state index is 12.2. The largest absolute Gasteiger partial charge is 0.353 e. The van der Waals surface area contributed by atoms with Gasteiger partial charge in [0.1, 0.15) is 0 Å². The van der Waals surface area contributed by atoms with Gasteiger partial charge in [-0.2, -0.15) is 0 Å². The van der Waals surface area contributed by atoms with Crippen molar-refractivity contribution in [3.05, 3.63) is 0 Å². The Balaban J connectivity index is 1.47. The first-order valence-electron chi connectivity index (χ1n) is 8.36. The minimum Gasteiger partial charge on any atom is -0.353 e. The van der Waals surface area contributed by atoms with Crippen molar-refractivity contribution >= 4 is 5.91 Å². The monoisotopic (exact) mass is 261 g/mol. The summed E-state index contributed by atoms with van der Waals surface area (Å²) in [6.07, 6.45) is 9.74. The van der Waals surface area contributed by atoms with Crippen LogP contribution in [0.4, 0.5) is 0 Å². The number of rotatable bonds is 3. The molecule has 106 valence electrons. The van der Waals surface area contributed by atoms with E-state index in [0.717, 1.165) is 24.2 Å². The summed E-state index contributed by atoms with van der Waals surface area (Å²) in [5, 5.41) is 3.39. The first-order chi connectivity index (χ1) is 9.06. The van der Waals surface area contributed by atoms with Crippen molar-refractivity contribution in [2.75, 3.05) is 0 Å². The number of carbonyl (C=O) groups excluding carboxylic acids is 1. The first-order valence-corrected chi connectivity index (χ1v) is 8.36. The zero-order chi connectivity index (χ0) is 13.2. The summed E-state index contributed by atoms with van der Waals surface area (Å²) in [6, 6.07) is 0.404. The molecule has 5 rings (SSSR count). The summed E-state index contributed by atoms with van der Waals surface area (Å²) < 4.78 is 0. The highest BCUT2D eigenvalue weighted by Crippen LogP contribution is 2.61. The molecule has 5 saturated carbocycles. The van der Waals surface area contributed by atoms with Gasteiger partial charge in [-0.05, 0) is 81.0 Å². The Morgan fingerprint density at radius 3 is 1.95 bits per heavy atom. The Bertz CT molecular complexity index is 367. The molecule has 0 aliphatic heterocycles. The molecule has 1 N–H and O–H groups in total. The second-order valence-corrected chi connectivity index (χ2v) is 8.33. The summed E-state index contributed by atoms with van der Waals surface area (Å²) in [7, 11) is 0. The molecule has 0 aromatic carbocycles. The van der Waals surface area contributed by atoms with Gasteiger partial charge in [-0.1, -0.05) is 6.92 Å². The highest BCUT2D eigenvalue weighted by atomic mass is 16.2. The van der Waals surface area contributed by atoms with Crippen LogP contribution in [-0.4, -0.2) is 11.9 Å². The molecule has 0 aromatic heterocycles. The zero-order valence-corrected chi connectivity index (χ0v) is 12.3. The van der Waals surface area contributed by atoms with Crippen LogP contribution in [0.3, 0.4) is 0 Å². The number of nitrogens with one attached hydrogen (secondary N) is 1. The predicted molar refractivity (Wildman–Crippen MR) is 75.5 cm³/mol. The lowest BCUT2D eigenvalue weighted by Gasteiger charge is -2.59. The molecule has 3 unspecified atom stereocenters. The summed E-state index contributed by atoms with van der Waals surface area (Å²) >= 11 is 0. The number of hydrogen-bond donors (Lipinski definition) is 1. The average Bonchev–Trinajstić information content (AvgIpc) is 3.04. The lowest BCUT2D eigenvalue weighted by Crippen LogP contribution is -2.56. The van der Waals surface area contributed by atoms with E-state index >= 15 is 0 Å². The van der Waals surface area contributed by atoms with Crippen molar-refractivity contribution in [1.82, 2.24) is 5.32 Å². The Morgan fingerprint density at radius 1 is 1.05 bits per heavy atom. The molecule has 0 saturated heterocycles. The van der Waals surface area contributed by atoms with Gasteiger partial charge in [0.15, 0.2) is 0 Å². The molecular formula is C17H27NO. The van der Waals surface area contributed by atoms with E-state index in [1.165, 1.54) is 38.5 Å². The highest BCUT2D eigenvalue weighted by molar-refractivity contribution is 5.81. The van der Waals surface area contributed by atoms with Crippen LogP contribution in [0.15, 0.2) is 0 Å². The van der Waals surface area contributed by atoms with E-state index in [1.807, 2.05) is 0 Å². The third-order valence-corrected chi connectivity index (χ3v) is 6.81. The summed E-state index contributed by atoms with van der Waals surface area (Å²) in [5.74, 6) is 4.23. The van der Waals surface area contributed by atoms with Crippen LogP contribution in [0.2, 0.25) is 0 Å². The standard InChI is InChI=1S/C17H27NO/c1-10-3-15(10)16(19)18-11(2)17-7-12-4-13(8-17)6-14(5-12)9-17/h10-15H,3-9H2,1-2H3,(H,18,19). The average molecular weight is 261 g/mol. The molecule has 0 heterocycles. The van der Waals surface area contributed by atoms with Crippen LogP contribution < -0.4 is 5.32 Å². The number of hydrogen-bond acceptors (Lipinski definition) is 1. The maximum Gasteiger partial charge on any atom is 0.223 e. The molecule has 1 amide bonds. The third kappa shape index (κ3) is 1.94. The predicted octanol–water partition coefficient (Wildman–Crippen LogP) is 3.36. The minimum atomic E-state index is 0.330. The molecule has 2 nitrogen and oxygen atoms in total. The van der Waals surface area contributed by atoms with Crippen molar-refractivity contribution in [3.8, 4) is 0 Å². The van der Waals surface area contributed by atoms with Crippen LogP contribution in [0, 0.1) is 35.0 Å². The zero-order valence-electron chi connectivity index (χ0n) is 12.3. The van der Waals surface area contributed by atoms with Gasteiger partial charge >= 0.3 is 0 Å². The lowest BCUT2D eigenvalue weighted by atomic mass is 9.48. The SMILES string of the molecule is CC1CC1C(=O)NC(C)C12CC3CC(CC(C3)C1)C2. The molecule has 0 aromatic rings. The van der Waals surface area contributed by atoms with Gasteiger partial charge in [0.25, 0.3) is 0 Å². The van der Waals surface area contributed by atoms with Gasteiger partial charge in [-0.25, -0.2) is 0 Å². The van der Waals surface area contributed by atoms with E-state index in [9.17, 15) is 4.79 Å². The van der Waals surface area contributed by atoms with Crippen molar-refractivity contribution in [2.24, 2.45) is 35.0 Å². The second-order valence-electron chi connectivity index (χ2n) is 8.33. The molecule has 0 radical (unpaired) electrons. The summed E-state index contributed by atoms with van der Waals surface area (Å²) in [6.45, 7) is 4.48. The Hall–Kier alpha value is -0.530. The van der Waals surface area contributed by atoms with Crippen molar-refractivity contribution in [2.45, 2.75) is 64.8 Å². The Labute approximate surface area is 116 Å². The van der Waals surface area contributed by atoms with Crippen molar-refractivity contribution < 1.29 is 4.79 Å². The molecule has 4 bridgehead atoms. The maximum atomic E-state index is 12.2. The van der Waals surface area contributed by atoms with Gasteiger partial charge in [0.2, 0.25) is 5.91 Å². The van der Waals surface area contributed by atoms with Crippen molar-refractivity contribution in [3.63, 3.8) is 0 Å². The highest BCUT2D eigenvalue weighted by Gasteiger charge is 2.53. The summed E-state index contributed by atoms with van der Waals surface area (Å²) in [5.41, 5.74) is 0.461. The van der Waals surface area contributed by atoms with Crippen LogP contribution in [0.25, 0.3) is 0 Å². The Morgan fingerprint density at radius 2 is 1.53 bits per heavy atom. The molecule has 0 spiro atoms. The fourth-order valence-electron chi connectivity index (χ4n) is 5.87. The van der Waals surface area contributed by atoms with Gasteiger partial charge < -0.3 is 5.32 Å². The third-order valence-electron chi connectivity index (χ3n) is 6.81. The molecule has 5 aliphatic carbocycles. The quantitative estimate of drug-likeness (QED) is 0.829. The Kier molecular flexibility index (Phi) is 2.57. The van der Waals surface area contributed by atoms with Gasteiger partial charge in [-0.3, -0.25) is 4.79 Å². The van der Waals surface area contributed by atoms with Crippen molar-refractivity contribution in [1.29, 1.82) is 0 Å². The van der Waals surface area contributed by atoms with E-state index in [0.29, 0.717) is 29.2 Å². The number of amides is 1. The first kappa shape index (κ1) is 12.2. The van der Waals surface area contributed by atoms with Crippen LogP contribution >= 0.6 is 0 Å². The molecule has 2 heteroatoms. The smallest absolute Gasteiger partial charge is 0.223 e. The molecule has 3 atom stereocenters. The fourth-order valence-corrected chi connectivity index (χ4v) is 5.87. The van der Waals surface area contributed by atoms with E-state index < -0.39 is 0 Å². The van der Waals surface area contributed by atoms with E-state index in [2.05, 4.69) is 19.2 Å². The normalized spacial score (nSPS) is 52.0. The van der Waals surface area contributed by atoms with Crippen LogP contribution in [0.1, 0.15) is 58.8 Å². The van der Waals surface area contributed by atoms with E-state index in [-0.39, 0.29) is 0 Å². The molecular weight excluding hydrogens is 234 g/mol. The lowest BCUT2D eigenvalue weighted by molar-refractivity contribution is -0.127. The second kappa shape index (κ2) is 3.99. The molecule has 5 aliphatic rings. The molecule has 5 fully saturated rings. The fraction of sp³-hybridized carbons (Fsp3) is 0.941. The van der Waals surface area contributed by atoms with E-state index in [1.54, 1.807) is 0 Å². The van der Waals surface area contributed by atoms with Gasteiger partial charge in [0, 0.05) is 12.0 Å². The van der Waals surface area contributed by atoms with Crippen LogP contribution in [-0.2, 0) is 4.79 Å².